The van der Waals surface area contributed by atoms with Gasteiger partial charge in [0, 0.05) is 79.1 Å². The van der Waals surface area contributed by atoms with E-state index in [2.05, 4.69) is 38.1 Å². The second kappa shape index (κ2) is 20.7. The molecular weight excluding hydrogens is 918 g/mol. The van der Waals surface area contributed by atoms with Crippen LogP contribution in [0.2, 0.25) is 5.02 Å². The highest BCUT2D eigenvalue weighted by molar-refractivity contribution is 6.34. The number of hydrogen-bond acceptors (Lipinski definition) is 9. The van der Waals surface area contributed by atoms with E-state index in [1.165, 1.54) is 35.8 Å². The molecule has 2 unspecified atom stereocenters. The van der Waals surface area contributed by atoms with Gasteiger partial charge in [-0.1, -0.05) is 54.9 Å². The van der Waals surface area contributed by atoms with Crippen LogP contribution in [0.15, 0.2) is 66.7 Å². The molecule has 5 aromatic rings. The van der Waals surface area contributed by atoms with Gasteiger partial charge in [-0.05, 0) is 119 Å². The summed E-state index contributed by atoms with van der Waals surface area (Å²) >= 11 is 6.68. The van der Waals surface area contributed by atoms with Crippen LogP contribution in [0.1, 0.15) is 97.7 Å². The number of fused-ring (bicyclic) bond motifs is 2. The molecule has 0 spiro atoms. The number of aryl methyl sites for hydroxylation is 2. The largest absolute Gasteiger partial charge is 0.494 e. The van der Waals surface area contributed by atoms with E-state index < -0.39 is 35.1 Å². The molecule has 1 aliphatic carbocycles. The molecule has 4 aliphatic rings. The van der Waals surface area contributed by atoms with Gasteiger partial charge in [0.1, 0.15) is 11.6 Å². The first kappa shape index (κ1) is 48.9. The number of imide groups is 1. The summed E-state index contributed by atoms with van der Waals surface area (Å²) in [5, 5.41) is 14.5. The Kier molecular flexibility index (Phi) is 14.5. The Morgan fingerprint density at radius 2 is 1.74 bits per heavy atom. The maximum atomic E-state index is 16.2. The lowest BCUT2D eigenvalue weighted by Crippen LogP contribution is -2.49. The van der Waals surface area contributed by atoms with Crippen molar-refractivity contribution in [3.63, 3.8) is 0 Å². The second-order valence-corrected chi connectivity index (χ2v) is 19.7. The van der Waals surface area contributed by atoms with Crippen LogP contribution in [-0.4, -0.2) is 90.9 Å². The lowest BCUT2D eigenvalue weighted by Gasteiger charge is -2.37. The minimum Gasteiger partial charge on any atom is -0.494 e. The summed E-state index contributed by atoms with van der Waals surface area (Å²) in [6, 6.07) is 19.4. The van der Waals surface area contributed by atoms with E-state index in [0.29, 0.717) is 36.9 Å². The lowest BCUT2D eigenvalue weighted by molar-refractivity contribution is -0.126. The number of halogens is 3. The number of carbonyl (C=O) groups excluding carboxylic acids is 4. The predicted molar refractivity (Wildman–Crippen MR) is 264 cm³/mol. The van der Waals surface area contributed by atoms with Crippen molar-refractivity contribution in [3.05, 3.63) is 106 Å². The Morgan fingerprint density at radius 1 is 0.986 bits per heavy atom. The van der Waals surface area contributed by atoms with Gasteiger partial charge in [0.15, 0.2) is 23.0 Å². The van der Waals surface area contributed by atoms with Crippen molar-refractivity contribution in [2.45, 2.75) is 88.7 Å². The molecule has 2 atom stereocenters. The molecule has 0 bridgehead atoms. The first-order chi connectivity index (χ1) is 33.8. The quantitative estimate of drug-likeness (QED) is 0.0713. The molecular formula is C53H61ClF2N8O6. The van der Waals surface area contributed by atoms with Gasteiger partial charge in [-0.15, -0.1) is 0 Å². The van der Waals surface area contributed by atoms with Crippen molar-refractivity contribution in [2.24, 2.45) is 24.6 Å². The number of anilines is 1. The fraction of sp³-hybridized carbons (Fsp3) is 0.453. The Balaban J connectivity index is 0.738. The molecule has 3 aliphatic heterocycles. The Labute approximate surface area is 411 Å². The first-order valence-electron chi connectivity index (χ1n) is 24.5. The molecule has 2 saturated heterocycles. The number of hydrogen-bond donors (Lipinski definition) is 4. The molecule has 17 heteroatoms. The van der Waals surface area contributed by atoms with Gasteiger partial charge in [-0.2, -0.15) is 5.10 Å². The number of nitrogens with one attached hydrogen (secondary N) is 3. The fourth-order valence-corrected chi connectivity index (χ4v) is 11.4. The Hall–Kier alpha value is -6.10. The van der Waals surface area contributed by atoms with Crippen molar-refractivity contribution < 1.29 is 37.4 Å². The van der Waals surface area contributed by atoms with Crippen LogP contribution in [0.5, 0.6) is 11.5 Å². The summed E-state index contributed by atoms with van der Waals surface area (Å²) in [5.41, 5.74) is 7.74. The minimum atomic E-state index is -1.06. The standard InChI is InChI=1S/C53H61ClF2N8O6/c1-31-44-42(29-39(55)47(54)46(44)45-38(49(57)66)18-19-41(69-3)48(45)56)70-53(31,35-8-5-4-6-9-35)30-59-36-15-13-34(14-16-36)51(67)58-23-7-24-63-25-20-32(21-26-63)10-11-33-12-17-37-40(28-33)62(2)61-50(37)64-27-22-43(65)60-52(64)68/h4-6,8-9,12,17-19,28-29,31-32,34,36,59H,7,10-11,13-16,20-27,30H2,1-3H3,(H2,57,66)(H,58,67)(H,60,65,68). The molecule has 4 aromatic carbocycles. The van der Waals surface area contributed by atoms with Crippen molar-refractivity contribution in [1.82, 2.24) is 30.6 Å². The van der Waals surface area contributed by atoms with Gasteiger partial charge in [-0.25, -0.2) is 13.6 Å². The van der Waals surface area contributed by atoms with E-state index >= 15 is 8.78 Å². The molecule has 3 fully saturated rings. The number of amides is 5. The SMILES string of the molecule is COc1ccc(C(N)=O)c(-c2c(Cl)c(F)cc3c2C(C)C(CNC2CCC(C(=O)NCCCN4CCC(CCc5ccc6c(N7CCC(=O)NC7=O)nn(C)c6c5)CC4)CC2)(c2ccccc2)O3)c1F. The molecule has 9 rings (SSSR count). The van der Waals surface area contributed by atoms with Gasteiger partial charge in [0.25, 0.3) is 0 Å². The summed E-state index contributed by atoms with van der Waals surface area (Å²) in [5.74, 6) is -2.10. The number of primary amides is 1. The Morgan fingerprint density at radius 3 is 2.46 bits per heavy atom. The number of urea groups is 1. The highest BCUT2D eigenvalue weighted by Crippen LogP contribution is 2.56. The summed E-state index contributed by atoms with van der Waals surface area (Å²) in [6.45, 7) is 6.24. The van der Waals surface area contributed by atoms with Crippen LogP contribution in [0, 0.1) is 23.5 Å². The topological polar surface area (TPSA) is 173 Å². The van der Waals surface area contributed by atoms with Crippen molar-refractivity contribution in [3.8, 4) is 22.6 Å². The lowest BCUT2D eigenvalue weighted by atomic mass is 9.77. The number of nitrogens with two attached hydrogens (primary N) is 1. The molecule has 5 amide bonds. The van der Waals surface area contributed by atoms with E-state index in [4.69, 9.17) is 26.8 Å². The highest BCUT2D eigenvalue weighted by atomic mass is 35.5. The normalized spacial score (nSPS) is 21.9. The van der Waals surface area contributed by atoms with Gasteiger partial charge in [-0.3, -0.25) is 29.3 Å². The third kappa shape index (κ3) is 9.69. The van der Waals surface area contributed by atoms with E-state index in [1.807, 2.05) is 50.4 Å². The molecule has 5 N–H and O–H groups in total. The molecule has 14 nitrogen and oxygen atoms in total. The zero-order valence-corrected chi connectivity index (χ0v) is 40.7. The van der Waals surface area contributed by atoms with E-state index in [0.717, 1.165) is 93.9 Å². The zero-order valence-electron chi connectivity index (χ0n) is 39.9. The third-order valence-corrected chi connectivity index (χ3v) is 15.6. The number of carbonyl (C=O) groups is 4. The number of methoxy groups -OCH3 is 1. The van der Waals surface area contributed by atoms with Crippen LogP contribution in [0.4, 0.5) is 19.4 Å². The number of aromatic nitrogens is 2. The van der Waals surface area contributed by atoms with Gasteiger partial charge >= 0.3 is 6.03 Å². The molecule has 1 saturated carbocycles. The van der Waals surface area contributed by atoms with Crippen LogP contribution in [-0.2, 0) is 28.7 Å². The average molecular weight is 980 g/mol. The zero-order chi connectivity index (χ0) is 49.3. The second-order valence-electron chi connectivity index (χ2n) is 19.4. The van der Waals surface area contributed by atoms with Crippen LogP contribution >= 0.6 is 11.6 Å². The third-order valence-electron chi connectivity index (χ3n) is 15.2. The molecule has 0 radical (unpaired) electrons. The minimum absolute atomic E-state index is 0.00297. The van der Waals surface area contributed by atoms with Crippen LogP contribution in [0.3, 0.4) is 0 Å². The van der Waals surface area contributed by atoms with Gasteiger partial charge in [0.05, 0.1) is 23.2 Å². The van der Waals surface area contributed by atoms with Crippen LogP contribution < -0.4 is 36.1 Å². The number of nitrogens with zero attached hydrogens (tertiary/aromatic N) is 4. The van der Waals surface area contributed by atoms with Gasteiger partial charge < -0.3 is 30.7 Å². The maximum Gasteiger partial charge on any atom is 0.329 e. The van der Waals surface area contributed by atoms with E-state index in [9.17, 15) is 19.2 Å². The maximum absolute atomic E-state index is 16.2. The number of piperidine rings is 1. The van der Waals surface area contributed by atoms with Crippen LogP contribution in [0.25, 0.3) is 22.0 Å². The summed E-state index contributed by atoms with van der Waals surface area (Å²) < 4.78 is 45.8. The fourth-order valence-electron chi connectivity index (χ4n) is 11.2. The van der Waals surface area contributed by atoms with Gasteiger partial charge in [0.2, 0.25) is 17.7 Å². The highest BCUT2D eigenvalue weighted by Gasteiger charge is 2.50. The summed E-state index contributed by atoms with van der Waals surface area (Å²) in [4.78, 5) is 54.2. The number of rotatable bonds is 16. The summed E-state index contributed by atoms with van der Waals surface area (Å²) in [6.07, 6.45) is 8.54. The first-order valence-corrected chi connectivity index (χ1v) is 24.9. The van der Waals surface area contributed by atoms with E-state index in [1.54, 1.807) is 4.68 Å². The average Bonchev–Trinajstić information content (AvgIpc) is 3.84. The van der Waals surface area contributed by atoms with Crippen molar-refractivity contribution in [1.29, 1.82) is 0 Å². The number of likely N-dealkylation sites (tertiary alicyclic amines) is 1. The molecule has 4 heterocycles. The predicted octanol–water partition coefficient (Wildman–Crippen LogP) is 8.12. The van der Waals surface area contributed by atoms with E-state index in [-0.39, 0.29) is 63.4 Å². The monoisotopic (exact) mass is 978 g/mol. The molecule has 1 aromatic heterocycles. The number of benzene rings is 4. The molecule has 370 valence electrons. The molecule has 70 heavy (non-hydrogen) atoms. The number of ether oxygens (including phenoxy) is 2. The Bertz CT molecular complexity index is 2790. The summed E-state index contributed by atoms with van der Waals surface area (Å²) in [7, 11) is 3.18. The smallest absolute Gasteiger partial charge is 0.329 e. The van der Waals surface area contributed by atoms with Crippen molar-refractivity contribution in [2.75, 3.05) is 51.3 Å². The van der Waals surface area contributed by atoms with Crippen molar-refractivity contribution >= 4 is 52.1 Å².